The van der Waals surface area contributed by atoms with Crippen LogP contribution >= 0.6 is 0 Å². The van der Waals surface area contributed by atoms with Crippen LogP contribution in [-0.4, -0.2) is 42.7 Å². The molecule has 0 saturated heterocycles. The van der Waals surface area contributed by atoms with Crippen molar-refractivity contribution in [1.82, 2.24) is 8.87 Å². The summed E-state index contributed by atoms with van der Waals surface area (Å²) in [5.41, 5.74) is -0.0715. The Balaban J connectivity index is 2.07. The van der Waals surface area contributed by atoms with E-state index in [0.717, 1.165) is 22.5 Å². The first-order valence-electron chi connectivity index (χ1n) is 10.8. The van der Waals surface area contributed by atoms with Gasteiger partial charge in [-0.25, -0.2) is 13.2 Å². The number of carbonyl (C=O) groups is 2. The molecule has 0 saturated carbocycles. The number of halogens is 3. The molecule has 0 N–H and O–H groups in total. The average Bonchev–Trinajstić information content (AvgIpc) is 3.42. The number of ether oxygens (including phenoxy) is 1. The third-order valence-corrected chi connectivity index (χ3v) is 7.56. The zero-order chi connectivity index (χ0) is 26.8. The van der Waals surface area contributed by atoms with Gasteiger partial charge in [0.15, 0.2) is 5.78 Å². The molecule has 8 nitrogen and oxygen atoms in total. The number of alkyl halides is 3. The van der Waals surface area contributed by atoms with E-state index in [1.54, 1.807) is 25.3 Å². The van der Waals surface area contributed by atoms with Crippen molar-refractivity contribution in [3.8, 4) is 0 Å². The molecule has 0 fully saturated rings. The van der Waals surface area contributed by atoms with E-state index in [1.165, 1.54) is 25.5 Å². The van der Waals surface area contributed by atoms with Gasteiger partial charge in [-0.2, -0.15) is 17.5 Å². The van der Waals surface area contributed by atoms with Gasteiger partial charge >= 0.3 is 12.1 Å². The molecule has 2 aromatic heterocycles. The quantitative estimate of drug-likeness (QED) is 0.299. The lowest BCUT2D eigenvalue weighted by molar-refractivity contribution is -0.137. The van der Waals surface area contributed by atoms with Crippen molar-refractivity contribution in [2.24, 2.45) is 0 Å². The number of methoxy groups -OCH3 is 1. The van der Waals surface area contributed by atoms with Crippen LogP contribution in [0.4, 0.5) is 13.2 Å². The number of sulfonamides is 1. The van der Waals surface area contributed by atoms with Crippen LogP contribution in [0.15, 0.2) is 52.0 Å². The highest BCUT2D eigenvalue weighted by Crippen LogP contribution is 2.32. The van der Waals surface area contributed by atoms with Crippen LogP contribution in [0.1, 0.15) is 50.4 Å². The number of carbonyl (C=O) groups excluding carboxylic acids is 2. The summed E-state index contributed by atoms with van der Waals surface area (Å²) in [5, 5.41) is 0. The third kappa shape index (κ3) is 5.24. The molecule has 0 aliphatic rings. The van der Waals surface area contributed by atoms with Gasteiger partial charge in [-0.15, -0.1) is 0 Å². The molecule has 3 rings (SSSR count). The van der Waals surface area contributed by atoms with Crippen LogP contribution in [0.5, 0.6) is 0 Å². The molecule has 0 unspecified atom stereocenters. The van der Waals surface area contributed by atoms with Gasteiger partial charge in [0.2, 0.25) is 10.0 Å². The first-order chi connectivity index (χ1) is 16.8. The molecule has 1 aromatic carbocycles. The molecule has 36 heavy (non-hydrogen) atoms. The Hall–Kier alpha value is -3.38. The number of Topliss-reactive ketones (excluding diaryl/α,β-unsaturated/α-hetero) is 1. The smallest absolute Gasteiger partial charge is 0.416 e. The van der Waals surface area contributed by atoms with Crippen molar-refractivity contribution in [3.05, 3.63) is 76.5 Å². The first-order valence-corrected chi connectivity index (χ1v) is 12.3. The average molecular weight is 527 g/mol. The lowest BCUT2D eigenvalue weighted by Crippen LogP contribution is -2.35. The van der Waals surface area contributed by atoms with Gasteiger partial charge in [0, 0.05) is 17.8 Å². The highest BCUT2D eigenvalue weighted by molar-refractivity contribution is 7.89. The summed E-state index contributed by atoms with van der Waals surface area (Å²) in [4.78, 5) is 25.1. The lowest BCUT2D eigenvalue weighted by atomic mass is 10.1. The largest absolute Gasteiger partial charge is 0.468 e. The number of nitrogens with zero attached hydrogens (tertiary/aromatic N) is 2. The van der Waals surface area contributed by atoms with E-state index in [2.05, 4.69) is 0 Å². The fourth-order valence-electron chi connectivity index (χ4n) is 4.08. The minimum absolute atomic E-state index is 0.140. The highest BCUT2D eigenvalue weighted by atomic mass is 32.2. The maximum atomic E-state index is 13.4. The zero-order valence-corrected chi connectivity index (χ0v) is 20.9. The van der Waals surface area contributed by atoms with Crippen molar-refractivity contribution < 1.29 is 40.3 Å². The van der Waals surface area contributed by atoms with E-state index < -0.39 is 51.5 Å². The van der Waals surface area contributed by atoms with E-state index in [-0.39, 0.29) is 17.0 Å². The Morgan fingerprint density at radius 2 is 1.83 bits per heavy atom. The molecule has 0 aliphatic carbocycles. The molecule has 0 bridgehead atoms. The lowest BCUT2D eigenvalue weighted by Gasteiger charge is -2.21. The Morgan fingerprint density at radius 3 is 2.39 bits per heavy atom. The van der Waals surface area contributed by atoms with E-state index in [9.17, 15) is 31.2 Å². The van der Waals surface area contributed by atoms with Gasteiger partial charge in [-0.05, 0) is 56.7 Å². The predicted molar refractivity (Wildman–Crippen MR) is 123 cm³/mol. The topological polar surface area (TPSA) is 98.8 Å². The number of hydrogen-bond donors (Lipinski definition) is 0. The van der Waals surface area contributed by atoms with Gasteiger partial charge in [0.25, 0.3) is 0 Å². The first kappa shape index (κ1) is 27.2. The van der Waals surface area contributed by atoms with Gasteiger partial charge in [-0.3, -0.25) is 4.79 Å². The molecular formula is C24H25F3N2O6S. The Kier molecular flexibility index (Phi) is 7.79. The van der Waals surface area contributed by atoms with Crippen LogP contribution < -0.4 is 0 Å². The standard InChI is InChI=1S/C24H25F3N2O6S/c1-5-29-16(3)21(15(2)22(29)23(31)34-4)20(30)14-28(13-18-9-7-11-35-18)36(32,33)19-10-6-8-17(12-19)24(25,26)27/h6-12H,5,13-14H2,1-4H3. The highest BCUT2D eigenvalue weighted by Gasteiger charge is 2.35. The molecular weight excluding hydrogens is 501 g/mol. The number of aromatic nitrogens is 1. The second-order valence-corrected chi connectivity index (χ2v) is 9.91. The van der Waals surface area contributed by atoms with Gasteiger partial charge in [0.1, 0.15) is 11.5 Å². The van der Waals surface area contributed by atoms with Gasteiger partial charge in [-0.1, -0.05) is 6.07 Å². The number of furan rings is 1. The normalized spacial score (nSPS) is 12.2. The van der Waals surface area contributed by atoms with Crippen molar-refractivity contribution >= 4 is 21.8 Å². The molecule has 194 valence electrons. The molecule has 3 aromatic rings. The molecule has 0 amide bonds. The summed E-state index contributed by atoms with van der Waals surface area (Å²) in [6.07, 6.45) is -3.45. The molecule has 0 spiro atoms. The maximum absolute atomic E-state index is 13.4. The Bertz CT molecular complexity index is 1380. The summed E-state index contributed by atoms with van der Waals surface area (Å²) in [5.74, 6) is -1.10. The third-order valence-electron chi connectivity index (χ3n) is 5.77. The van der Waals surface area contributed by atoms with Crippen molar-refractivity contribution in [3.63, 3.8) is 0 Å². The molecule has 2 heterocycles. The Morgan fingerprint density at radius 1 is 1.14 bits per heavy atom. The van der Waals surface area contributed by atoms with E-state index in [1.807, 2.05) is 0 Å². The number of ketones is 1. The number of esters is 1. The van der Waals surface area contributed by atoms with Crippen LogP contribution in [0.3, 0.4) is 0 Å². The number of hydrogen-bond acceptors (Lipinski definition) is 6. The van der Waals surface area contributed by atoms with Crippen LogP contribution in [0.25, 0.3) is 0 Å². The fraction of sp³-hybridized carbons (Fsp3) is 0.333. The minimum Gasteiger partial charge on any atom is -0.468 e. The fourth-order valence-corrected chi connectivity index (χ4v) is 5.49. The molecule has 0 radical (unpaired) electrons. The summed E-state index contributed by atoms with van der Waals surface area (Å²) < 4.78 is 79.0. The second-order valence-electron chi connectivity index (χ2n) is 7.97. The maximum Gasteiger partial charge on any atom is 0.416 e. The van der Waals surface area contributed by atoms with Crippen molar-refractivity contribution in [2.75, 3.05) is 13.7 Å². The predicted octanol–water partition coefficient (Wildman–Crippen LogP) is 4.60. The monoisotopic (exact) mass is 526 g/mol. The van der Waals surface area contributed by atoms with E-state index >= 15 is 0 Å². The van der Waals surface area contributed by atoms with Crippen molar-refractivity contribution in [2.45, 2.75) is 44.9 Å². The summed E-state index contributed by atoms with van der Waals surface area (Å²) in [6.45, 7) is 4.20. The molecule has 0 aliphatic heterocycles. The minimum atomic E-state index is -4.76. The van der Waals surface area contributed by atoms with E-state index in [0.29, 0.717) is 23.9 Å². The zero-order valence-electron chi connectivity index (χ0n) is 20.0. The van der Waals surface area contributed by atoms with Crippen LogP contribution in [-0.2, 0) is 34.0 Å². The van der Waals surface area contributed by atoms with Crippen molar-refractivity contribution in [1.29, 1.82) is 0 Å². The summed E-state index contributed by atoms with van der Waals surface area (Å²) in [6, 6.07) is 6.30. The summed E-state index contributed by atoms with van der Waals surface area (Å²) in [7, 11) is -3.36. The van der Waals surface area contributed by atoms with Crippen LogP contribution in [0.2, 0.25) is 0 Å². The Labute approximate surface area is 206 Å². The van der Waals surface area contributed by atoms with E-state index in [4.69, 9.17) is 9.15 Å². The number of rotatable bonds is 9. The van der Waals surface area contributed by atoms with Gasteiger partial charge < -0.3 is 13.7 Å². The van der Waals surface area contributed by atoms with Gasteiger partial charge in [0.05, 0.1) is 36.9 Å². The summed E-state index contributed by atoms with van der Waals surface area (Å²) >= 11 is 0. The molecule has 12 heteroatoms. The SMILES string of the molecule is CCn1c(C)c(C(=O)CN(Cc2ccco2)S(=O)(=O)c2cccc(C(F)(F)F)c2)c(C)c1C(=O)OC. The second kappa shape index (κ2) is 10.3. The number of benzene rings is 1. The van der Waals surface area contributed by atoms with Crippen LogP contribution in [0, 0.1) is 13.8 Å². The molecule has 0 atom stereocenters.